The Morgan fingerprint density at radius 1 is 1.21 bits per heavy atom. The summed E-state index contributed by atoms with van der Waals surface area (Å²) in [7, 11) is 0. The zero-order valence-electron chi connectivity index (χ0n) is 14.3. The van der Waals surface area contributed by atoms with Crippen LogP contribution in [0.4, 0.5) is 0 Å². The molecule has 2 heterocycles. The lowest BCUT2D eigenvalue weighted by atomic mass is 9.92. The third-order valence-corrected chi connectivity index (χ3v) is 7.18. The van der Waals surface area contributed by atoms with E-state index < -0.39 is 0 Å². The standard InChI is InChI=1S/C18H25BrN2OS.ClH/c1-12-8-17(13(2)7-16(12)19)23-11-18(22)21-5-3-14-9-20-10-15(14)4-6-21;/h7-8,14-15,20H,3-6,9-11H2,1-2H3;1H/t14-,15+;. The maximum atomic E-state index is 12.6. The average molecular weight is 434 g/mol. The second kappa shape index (κ2) is 8.93. The van der Waals surface area contributed by atoms with E-state index in [2.05, 4.69) is 52.1 Å². The highest BCUT2D eigenvalue weighted by molar-refractivity contribution is 9.10. The van der Waals surface area contributed by atoms with E-state index in [4.69, 9.17) is 0 Å². The van der Waals surface area contributed by atoms with Gasteiger partial charge in [-0.1, -0.05) is 15.9 Å². The number of thioether (sulfide) groups is 1. The van der Waals surface area contributed by atoms with Gasteiger partial charge in [-0.25, -0.2) is 0 Å². The molecule has 24 heavy (non-hydrogen) atoms. The van der Waals surface area contributed by atoms with Crippen LogP contribution >= 0.6 is 40.1 Å². The van der Waals surface area contributed by atoms with Gasteiger partial charge in [-0.3, -0.25) is 4.79 Å². The summed E-state index contributed by atoms with van der Waals surface area (Å²) in [4.78, 5) is 15.9. The molecule has 3 nitrogen and oxygen atoms in total. The molecule has 0 bridgehead atoms. The molecule has 2 aliphatic heterocycles. The highest BCUT2D eigenvalue weighted by atomic mass is 79.9. The Morgan fingerprint density at radius 2 is 1.83 bits per heavy atom. The smallest absolute Gasteiger partial charge is 0.232 e. The second-order valence-corrected chi connectivity index (χ2v) is 8.66. The van der Waals surface area contributed by atoms with E-state index in [-0.39, 0.29) is 12.4 Å². The molecule has 0 spiro atoms. The summed E-state index contributed by atoms with van der Waals surface area (Å²) in [5.41, 5.74) is 2.46. The van der Waals surface area contributed by atoms with Crippen LogP contribution in [-0.2, 0) is 4.79 Å². The number of nitrogens with one attached hydrogen (secondary N) is 1. The van der Waals surface area contributed by atoms with Crippen LogP contribution in [0.3, 0.4) is 0 Å². The molecule has 1 aromatic rings. The Bertz CT molecular complexity index is 585. The number of aryl methyl sites for hydroxylation is 2. The zero-order valence-corrected chi connectivity index (χ0v) is 17.5. The van der Waals surface area contributed by atoms with Gasteiger partial charge in [-0.15, -0.1) is 24.2 Å². The number of carbonyl (C=O) groups excluding carboxylic acids is 1. The second-order valence-electron chi connectivity index (χ2n) is 6.79. The van der Waals surface area contributed by atoms with Crippen molar-refractivity contribution in [3.05, 3.63) is 27.7 Å². The Hall–Kier alpha value is -0.230. The maximum Gasteiger partial charge on any atom is 0.232 e. The predicted molar refractivity (Wildman–Crippen MR) is 107 cm³/mol. The number of likely N-dealkylation sites (tertiary alicyclic amines) is 1. The molecular formula is C18H26BrClN2OS. The molecule has 1 amide bonds. The van der Waals surface area contributed by atoms with Crippen LogP contribution in [0.15, 0.2) is 21.5 Å². The molecule has 0 aliphatic carbocycles. The predicted octanol–water partition coefficient (Wildman–Crippen LogP) is 4.04. The normalized spacial score (nSPS) is 23.4. The van der Waals surface area contributed by atoms with Gasteiger partial charge in [0, 0.05) is 22.5 Å². The van der Waals surface area contributed by atoms with E-state index in [1.54, 1.807) is 11.8 Å². The van der Waals surface area contributed by atoms with E-state index in [1.165, 1.54) is 16.0 Å². The summed E-state index contributed by atoms with van der Waals surface area (Å²) in [6, 6.07) is 4.32. The van der Waals surface area contributed by atoms with Crippen LogP contribution in [0.2, 0.25) is 0 Å². The fourth-order valence-corrected chi connectivity index (χ4v) is 5.07. The van der Waals surface area contributed by atoms with Crippen molar-refractivity contribution in [2.24, 2.45) is 11.8 Å². The fraction of sp³-hybridized carbons (Fsp3) is 0.611. The third kappa shape index (κ3) is 4.69. The molecule has 134 valence electrons. The number of halogens is 2. The van der Waals surface area contributed by atoms with Crippen molar-refractivity contribution >= 4 is 46.0 Å². The van der Waals surface area contributed by atoms with Crippen LogP contribution < -0.4 is 5.32 Å². The van der Waals surface area contributed by atoms with Gasteiger partial charge in [0.15, 0.2) is 0 Å². The quantitative estimate of drug-likeness (QED) is 0.730. The molecule has 0 saturated carbocycles. The third-order valence-electron chi connectivity index (χ3n) is 5.18. The summed E-state index contributed by atoms with van der Waals surface area (Å²) in [5.74, 6) is 2.40. The van der Waals surface area contributed by atoms with Crippen molar-refractivity contribution in [2.75, 3.05) is 31.9 Å². The SMILES string of the molecule is Cc1cc(SCC(=O)N2CC[C@@H]3CNC[C@@H]3CC2)c(C)cc1Br.Cl. The van der Waals surface area contributed by atoms with Crippen LogP contribution in [0, 0.1) is 25.7 Å². The molecule has 1 aromatic carbocycles. The van der Waals surface area contributed by atoms with Crippen molar-refractivity contribution in [3.63, 3.8) is 0 Å². The average Bonchev–Trinajstić information content (AvgIpc) is 2.88. The summed E-state index contributed by atoms with van der Waals surface area (Å²) in [5, 5.41) is 3.49. The van der Waals surface area contributed by atoms with Crippen LogP contribution in [0.25, 0.3) is 0 Å². The largest absolute Gasteiger partial charge is 0.342 e. The number of fused-ring (bicyclic) bond motifs is 1. The lowest BCUT2D eigenvalue weighted by Crippen LogP contribution is -2.34. The molecule has 0 unspecified atom stereocenters. The van der Waals surface area contributed by atoms with Crippen molar-refractivity contribution in [1.29, 1.82) is 0 Å². The summed E-state index contributed by atoms with van der Waals surface area (Å²) >= 11 is 5.24. The Kier molecular flexibility index (Phi) is 7.47. The molecule has 2 saturated heterocycles. The lowest BCUT2D eigenvalue weighted by molar-refractivity contribution is -0.128. The van der Waals surface area contributed by atoms with Crippen molar-refractivity contribution in [3.8, 4) is 0 Å². The van der Waals surface area contributed by atoms with E-state index in [1.807, 2.05) is 0 Å². The molecule has 1 N–H and O–H groups in total. The highest BCUT2D eigenvalue weighted by Crippen LogP contribution is 2.30. The Balaban J connectivity index is 0.00000208. The summed E-state index contributed by atoms with van der Waals surface area (Å²) in [6.45, 7) is 8.34. The number of benzene rings is 1. The van der Waals surface area contributed by atoms with Gasteiger partial charge in [-0.2, -0.15) is 0 Å². The fourth-order valence-electron chi connectivity index (χ4n) is 3.61. The number of amides is 1. The van der Waals surface area contributed by atoms with Crippen molar-refractivity contribution in [2.45, 2.75) is 31.6 Å². The number of rotatable bonds is 3. The van der Waals surface area contributed by atoms with Gasteiger partial charge >= 0.3 is 0 Å². The number of hydrogen-bond donors (Lipinski definition) is 1. The lowest BCUT2D eigenvalue weighted by Gasteiger charge is -2.21. The molecule has 2 fully saturated rings. The van der Waals surface area contributed by atoms with Crippen LogP contribution in [0.1, 0.15) is 24.0 Å². The monoisotopic (exact) mass is 432 g/mol. The van der Waals surface area contributed by atoms with Crippen molar-refractivity contribution < 1.29 is 4.79 Å². The van der Waals surface area contributed by atoms with Gasteiger partial charge in [0.1, 0.15) is 0 Å². The highest BCUT2D eigenvalue weighted by Gasteiger charge is 2.31. The molecular weight excluding hydrogens is 408 g/mol. The first-order valence-corrected chi connectivity index (χ1v) is 10.2. The van der Waals surface area contributed by atoms with Crippen LogP contribution in [-0.4, -0.2) is 42.7 Å². The van der Waals surface area contributed by atoms with Crippen LogP contribution in [0.5, 0.6) is 0 Å². The minimum Gasteiger partial charge on any atom is -0.342 e. The molecule has 2 aliphatic rings. The number of carbonyl (C=O) groups is 1. The van der Waals surface area contributed by atoms with E-state index >= 15 is 0 Å². The minimum atomic E-state index is 0. The first-order valence-electron chi connectivity index (χ1n) is 8.42. The first kappa shape index (κ1) is 20.1. The van der Waals surface area contributed by atoms with Gasteiger partial charge < -0.3 is 10.2 Å². The van der Waals surface area contributed by atoms with E-state index in [9.17, 15) is 4.79 Å². The topological polar surface area (TPSA) is 32.3 Å². The maximum absolute atomic E-state index is 12.6. The summed E-state index contributed by atoms with van der Waals surface area (Å²) in [6.07, 6.45) is 2.31. The minimum absolute atomic E-state index is 0. The van der Waals surface area contributed by atoms with E-state index in [0.717, 1.165) is 55.3 Å². The van der Waals surface area contributed by atoms with Gasteiger partial charge in [0.2, 0.25) is 5.91 Å². The zero-order chi connectivity index (χ0) is 16.4. The molecule has 0 aromatic heterocycles. The summed E-state index contributed by atoms with van der Waals surface area (Å²) < 4.78 is 1.14. The number of hydrogen-bond acceptors (Lipinski definition) is 3. The Morgan fingerprint density at radius 3 is 2.46 bits per heavy atom. The molecule has 2 atom stereocenters. The van der Waals surface area contributed by atoms with E-state index in [0.29, 0.717) is 11.7 Å². The first-order chi connectivity index (χ1) is 11.0. The van der Waals surface area contributed by atoms with Crippen molar-refractivity contribution in [1.82, 2.24) is 10.2 Å². The Labute approximate surface area is 163 Å². The van der Waals surface area contributed by atoms with Gasteiger partial charge in [0.25, 0.3) is 0 Å². The van der Waals surface area contributed by atoms with Gasteiger partial charge in [-0.05, 0) is 74.9 Å². The number of nitrogens with zero attached hydrogens (tertiary/aromatic N) is 1. The molecule has 3 rings (SSSR count). The van der Waals surface area contributed by atoms with Gasteiger partial charge in [0.05, 0.1) is 5.75 Å². The molecule has 6 heteroatoms. The molecule has 0 radical (unpaired) electrons.